The molecule has 0 aromatic heterocycles. The van der Waals surface area contributed by atoms with E-state index in [1.54, 1.807) is 11.8 Å². The summed E-state index contributed by atoms with van der Waals surface area (Å²) in [6.45, 7) is 1.32. The monoisotopic (exact) mass is 390 g/mol. The number of piperidine rings is 1. The molecule has 1 aromatic rings. The molecule has 0 bridgehead atoms. The average molecular weight is 391 g/mol. The van der Waals surface area contributed by atoms with Crippen molar-refractivity contribution in [3.8, 4) is 0 Å². The standard InChI is InChI=1S/C20H26N2O4S/c1-26-18(24)8-7-17(23)22-11-9-20(10-12-22)13-16(20)19(25)21-14-3-5-15(27-2)6-4-14/h3-6,16H,7-13H2,1-2H3,(H,21,25). The number of carbonyl (C=O) groups is 3. The molecule has 6 nitrogen and oxygen atoms in total. The molecule has 1 spiro atoms. The van der Waals surface area contributed by atoms with Gasteiger partial charge in [-0.1, -0.05) is 0 Å². The summed E-state index contributed by atoms with van der Waals surface area (Å²) in [4.78, 5) is 38.9. The second kappa shape index (κ2) is 8.33. The topological polar surface area (TPSA) is 75.7 Å². The maximum absolute atomic E-state index is 12.6. The third kappa shape index (κ3) is 4.64. The van der Waals surface area contributed by atoms with Gasteiger partial charge in [0.25, 0.3) is 0 Å². The highest BCUT2D eigenvalue weighted by atomic mass is 32.2. The van der Waals surface area contributed by atoms with Crippen molar-refractivity contribution in [1.82, 2.24) is 4.90 Å². The van der Waals surface area contributed by atoms with Gasteiger partial charge in [-0.2, -0.15) is 0 Å². The largest absolute Gasteiger partial charge is 0.469 e. The quantitative estimate of drug-likeness (QED) is 0.597. The molecular formula is C20H26N2O4S. The predicted octanol–water partition coefficient (Wildman–Crippen LogP) is 2.93. The fraction of sp³-hybridized carbons (Fsp3) is 0.550. The lowest BCUT2D eigenvalue weighted by molar-refractivity contribution is -0.144. The summed E-state index contributed by atoms with van der Waals surface area (Å²) in [6.07, 6.45) is 4.92. The lowest BCUT2D eigenvalue weighted by atomic mass is 9.90. The van der Waals surface area contributed by atoms with E-state index in [0.717, 1.165) is 24.9 Å². The molecule has 3 rings (SSSR count). The van der Waals surface area contributed by atoms with Crippen LogP contribution in [0.3, 0.4) is 0 Å². The van der Waals surface area contributed by atoms with E-state index in [1.165, 1.54) is 12.0 Å². The number of amides is 2. The molecule has 2 fully saturated rings. The van der Waals surface area contributed by atoms with Crippen molar-refractivity contribution in [2.24, 2.45) is 11.3 Å². The molecule has 1 saturated heterocycles. The molecule has 2 aliphatic rings. The number of anilines is 1. The van der Waals surface area contributed by atoms with E-state index < -0.39 is 0 Å². The van der Waals surface area contributed by atoms with Crippen molar-refractivity contribution >= 4 is 35.2 Å². The van der Waals surface area contributed by atoms with Crippen LogP contribution in [0.5, 0.6) is 0 Å². The number of hydrogen-bond acceptors (Lipinski definition) is 5. The van der Waals surface area contributed by atoms with E-state index in [2.05, 4.69) is 10.1 Å². The van der Waals surface area contributed by atoms with Gasteiger partial charge in [0.2, 0.25) is 11.8 Å². The highest BCUT2D eigenvalue weighted by Gasteiger charge is 2.58. The van der Waals surface area contributed by atoms with Gasteiger partial charge in [0.05, 0.1) is 13.5 Å². The molecule has 7 heteroatoms. The lowest BCUT2D eigenvalue weighted by Crippen LogP contribution is -2.40. The SMILES string of the molecule is COC(=O)CCC(=O)N1CCC2(CC1)CC2C(=O)Nc1ccc(SC)cc1. The Morgan fingerprint density at radius 1 is 1.19 bits per heavy atom. The summed E-state index contributed by atoms with van der Waals surface area (Å²) in [6, 6.07) is 7.87. The Morgan fingerprint density at radius 3 is 2.44 bits per heavy atom. The number of likely N-dealkylation sites (tertiary alicyclic amines) is 1. The van der Waals surface area contributed by atoms with Crippen LogP contribution < -0.4 is 5.32 Å². The molecule has 1 aromatic carbocycles. The summed E-state index contributed by atoms with van der Waals surface area (Å²) < 4.78 is 4.58. The van der Waals surface area contributed by atoms with E-state index in [-0.39, 0.29) is 42.0 Å². The molecule has 1 unspecified atom stereocenters. The Kier molecular flexibility index (Phi) is 6.09. The van der Waals surface area contributed by atoms with Crippen LogP contribution in [0.1, 0.15) is 32.1 Å². The number of thioether (sulfide) groups is 1. The molecular weight excluding hydrogens is 364 g/mol. The van der Waals surface area contributed by atoms with Gasteiger partial charge in [0.15, 0.2) is 0 Å². The first-order chi connectivity index (χ1) is 13.0. The Hall–Kier alpha value is -2.02. The van der Waals surface area contributed by atoms with E-state index in [0.29, 0.717) is 13.1 Å². The van der Waals surface area contributed by atoms with Crippen molar-refractivity contribution in [3.63, 3.8) is 0 Å². The number of carbonyl (C=O) groups excluding carboxylic acids is 3. The summed E-state index contributed by atoms with van der Waals surface area (Å²) in [5, 5.41) is 3.02. The van der Waals surface area contributed by atoms with Crippen molar-refractivity contribution in [2.45, 2.75) is 37.0 Å². The summed E-state index contributed by atoms with van der Waals surface area (Å²) in [5.74, 6) is -0.255. The number of hydrogen-bond donors (Lipinski definition) is 1. The molecule has 0 radical (unpaired) electrons. The maximum atomic E-state index is 12.6. The highest BCUT2D eigenvalue weighted by Crippen LogP contribution is 2.59. The van der Waals surface area contributed by atoms with Gasteiger partial charge >= 0.3 is 5.97 Å². The number of nitrogens with zero attached hydrogens (tertiary/aromatic N) is 1. The van der Waals surface area contributed by atoms with Crippen LogP contribution in [0.4, 0.5) is 5.69 Å². The van der Waals surface area contributed by atoms with Crippen LogP contribution in [0, 0.1) is 11.3 Å². The second-order valence-electron chi connectivity index (χ2n) is 7.29. The molecule has 1 atom stereocenters. The third-order valence-electron chi connectivity index (χ3n) is 5.75. The minimum absolute atomic E-state index is 0.00853. The zero-order valence-corrected chi connectivity index (χ0v) is 16.6. The maximum Gasteiger partial charge on any atom is 0.306 e. The lowest BCUT2D eigenvalue weighted by Gasteiger charge is -2.33. The van der Waals surface area contributed by atoms with Gasteiger partial charge in [-0.15, -0.1) is 11.8 Å². The van der Waals surface area contributed by atoms with Crippen LogP contribution in [0.2, 0.25) is 0 Å². The first-order valence-electron chi connectivity index (χ1n) is 9.27. The minimum atomic E-state index is -0.360. The summed E-state index contributed by atoms with van der Waals surface area (Å²) in [7, 11) is 1.33. The Bertz CT molecular complexity index is 711. The fourth-order valence-corrected chi connectivity index (χ4v) is 4.25. The molecule has 27 heavy (non-hydrogen) atoms. The minimum Gasteiger partial charge on any atom is -0.469 e. The smallest absolute Gasteiger partial charge is 0.306 e. The molecule has 2 amide bonds. The Balaban J connectivity index is 1.46. The molecule has 146 valence electrons. The second-order valence-corrected chi connectivity index (χ2v) is 8.17. The van der Waals surface area contributed by atoms with E-state index >= 15 is 0 Å². The first-order valence-corrected chi connectivity index (χ1v) is 10.5. The molecule has 1 saturated carbocycles. The highest BCUT2D eigenvalue weighted by molar-refractivity contribution is 7.98. The Morgan fingerprint density at radius 2 is 1.85 bits per heavy atom. The molecule has 1 heterocycles. The van der Waals surface area contributed by atoms with Crippen LogP contribution in [0.25, 0.3) is 0 Å². The summed E-state index contributed by atoms with van der Waals surface area (Å²) >= 11 is 1.67. The van der Waals surface area contributed by atoms with Gasteiger partial charge < -0.3 is 15.0 Å². The third-order valence-corrected chi connectivity index (χ3v) is 6.49. The van der Waals surface area contributed by atoms with E-state index in [1.807, 2.05) is 35.4 Å². The van der Waals surface area contributed by atoms with E-state index in [4.69, 9.17) is 0 Å². The zero-order chi connectivity index (χ0) is 19.4. The van der Waals surface area contributed by atoms with Crippen molar-refractivity contribution in [1.29, 1.82) is 0 Å². The number of benzene rings is 1. The molecule has 1 aliphatic carbocycles. The normalized spacial score (nSPS) is 20.2. The molecule has 1 N–H and O–H groups in total. The van der Waals surface area contributed by atoms with Crippen LogP contribution >= 0.6 is 11.8 Å². The number of nitrogens with one attached hydrogen (secondary N) is 1. The van der Waals surface area contributed by atoms with Gasteiger partial charge in [0, 0.05) is 36.0 Å². The van der Waals surface area contributed by atoms with Crippen LogP contribution in [-0.2, 0) is 19.1 Å². The van der Waals surface area contributed by atoms with Crippen LogP contribution in [-0.4, -0.2) is 49.1 Å². The van der Waals surface area contributed by atoms with Crippen molar-refractivity contribution in [2.75, 3.05) is 31.8 Å². The number of esters is 1. The number of rotatable bonds is 6. The first kappa shape index (κ1) is 19.7. The van der Waals surface area contributed by atoms with E-state index in [9.17, 15) is 14.4 Å². The van der Waals surface area contributed by atoms with Crippen molar-refractivity contribution in [3.05, 3.63) is 24.3 Å². The fourth-order valence-electron chi connectivity index (χ4n) is 3.85. The average Bonchev–Trinajstić information content (AvgIpc) is 3.40. The van der Waals surface area contributed by atoms with Gasteiger partial charge in [0.1, 0.15) is 0 Å². The van der Waals surface area contributed by atoms with Crippen LogP contribution in [0.15, 0.2) is 29.2 Å². The van der Waals surface area contributed by atoms with Gasteiger partial charge in [-0.3, -0.25) is 14.4 Å². The van der Waals surface area contributed by atoms with Crippen molar-refractivity contribution < 1.29 is 19.1 Å². The van der Waals surface area contributed by atoms with Gasteiger partial charge in [-0.05, 0) is 55.2 Å². The van der Waals surface area contributed by atoms with Gasteiger partial charge in [-0.25, -0.2) is 0 Å². The number of methoxy groups -OCH3 is 1. The Labute approximate surface area is 164 Å². The predicted molar refractivity (Wildman–Crippen MR) is 104 cm³/mol. The number of ether oxygens (including phenoxy) is 1. The summed E-state index contributed by atoms with van der Waals surface area (Å²) in [5.41, 5.74) is 0.873. The molecule has 1 aliphatic heterocycles. The zero-order valence-electron chi connectivity index (χ0n) is 15.8.